The van der Waals surface area contributed by atoms with E-state index in [1.54, 1.807) is 18.4 Å². The van der Waals surface area contributed by atoms with Gasteiger partial charge in [-0.3, -0.25) is 4.99 Å². The van der Waals surface area contributed by atoms with Gasteiger partial charge in [0.25, 0.3) is 0 Å². The molecule has 128 valence electrons. The molecule has 1 saturated carbocycles. The number of nitrogens with one attached hydrogen (secondary N) is 2. The topological polar surface area (TPSA) is 45.7 Å². The molecule has 0 spiro atoms. The van der Waals surface area contributed by atoms with Crippen LogP contribution in [-0.4, -0.2) is 19.6 Å². The number of guanidine groups is 1. The maximum absolute atomic E-state index is 5.96. The van der Waals surface area contributed by atoms with E-state index >= 15 is 0 Å². The molecule has 0 atom stereocenters. The molecule has 0 amide bonds. The van der Waals surface area contributed by atoms with Crippen molar-refractivity contribution in [1.82, 2.24) is 10.6 Å². The predicted octanol–water partition coefficient (Wildman–Crippen LogP) is 3.71. The second kappa shape index (κ2) is 8.20. The average molecular weight is 343 g/mol. The Hall–Kier alpha value is -2.01. The summed E-state index contributed by atoms with van der Waals surface area (Å²) >= 11 is 1.77. The maximum atomic E-state index is 5.96. The SMILES string of the molecule is CN=C(NCc1ccccc1OCC1CC1)NCc1sccc1C. The molecule has 0 saturated heterocycles. The normalized spacial score (nSPS) is 14.5. The Balaban J connectivity index is 1.52. The standard InChI is InChI=1S/C19H25N3OS/c1-14-9-10-24-18(14)12-22-19(20-2)21-11-16-5-3-4-6-17(16)23-13-15-7-8-15/h3-6,9-10,15H,7-8,11-13H2,1-2H3,(H2,20,21,22). The Kier molecular flexibility index (Phi) is 5.75. The van der Waals surface area contributed by atoms with Crippen LogP contribution in [0.25, 0.3) is 0 Å². The van der Waals surface area contributed by atoms with E-state index in [0.29, 0.717) is 6.54 Å². The summed E-state index contributed by atoms with van der Waals surface area (Å²) in [5.74, 6) is 2.54. The highest BCUT2D eigenvalue weighted by Gasteiger charge is 2.22. The van der Waals surface area contributed by atoms with E-state index in [4.69, 9.17) is 4.74 Å². The van der Waals surface area contributed by atoms with Gasteiger partial charge in [0, 0.05) is 24.0 Å². The highest BCUT2D eigenvalue weighted by atomic mass is 32.1. The zero-order valence-electron chi connectivity index (χ0n) is 14.3. The van der Waals surface area contributed by atoms with Crippen LogP contribution in [-0.2, 0) is 13.1 Å². The summed E-state index contributed by atoms with van der Waals surface area (Å²) in [4.78, 5) is 5.64. The van der Waals surface area contributed by atoms with Gasteiger partial charge < -0.3 is 15.4 Å². The van der Waals surface area contributed by atoms with Gasteiger partial charge in [-0.1, -0.05) is 18.2 Å². The number of aryl methyl sites for hydroxylation is 1. The van der Waals surface area contributed by atoms with Crippen molar-refractivity contribution in [2.75, 3.05) is 13.7 Å². The molecule has 1 fully saturated rings. The highest BCUT2D eigenvalue weighted by Crippen LogP contribution is 2.30. The molecule has 0 unspecified atom stereocenters. The first-order valence-corrected chi connectivity index (χ1v) is 9.32. The van der Waals surface area contributed by atoms with Gasteiger partial charge in [-0.05, 0) is 48.8 Å². The minimum atomic E-state index is 0.698. The van der Waals surface area contributed by atoms with Crippen molar-refractivity contribution in [3.05, 3.63) is 51.7 Å². The van der Waals surface area contributed by atoms with Gasteiger partial charge in [0.1, 0.15) is 5.75 Å². The molecule has 5 heteroatoms. The van der Waals surface area contributed by atoms with E-state index in [1.807, 2.05) is 18.2 Å². The lowest BCUT2D eigenvalue weighted by Gasteiger charge is -2.14. The third-order valence-electron chi connectivity index (χ3n) is 4.20. The van der Waals surface area contributed by atoms with E-state index < -0.39 is 0 Å². The number of rotatable bonds is 7. The van der Waals surface area contributed by atoms with Gasteiger partial charge in [0.2, 0.25) is 0 Å². The summed E-state index contributed by atoms with van der Waals surface area (Å²) in [5.41, 5.74) is 2.48. The Bertz CT molecular complexity index is 691. The first kappa shape index (κ1) is 16.8. The summed E-state index contributed by atoms with van der Waals surface area (Å²) < 4.78 is 5.96. The highest BCUT2D eigenvalue weighted by molar-refractivity contribution is 7.10. The Morgan fingerprint density at radius 2 is 2.00 bits per heavy atom. The number of hydrogen-bond donors (Lipinski definition) is 2. The van der Waals surface area contributed by atoms with Crippen LogP contribution in [0.5, 0.6) is 5.75 Å². The first-order chi connectivity index (χ1) is 11.8. The third kappa shape index (κ3) is 4.74. The summed E-state index contributed by atoms with van der Waals surface area (Å²) in [7, 11) is 1.80. The molecular weight excluding hydrogens is 318 g/mol. The summed E-state index contributed by atoms with van der Waals surface area (Å²) in [6.07, 6.45) is 2.61. The number of benzene rings is 1. The van der Waals surface area contributed by atoms with Crippen LogP contribution in [0.3, 0.4) is 0 Å². The smallest absolute Gasteiger partial charge is 0.191 e. The van der Waals surface area contributed by atoms with E-state index in [-0.39, 0.29) is 0 Å². The molecule has 4 nitrogen and oxygen atoms in total. The van der Waals surface area contributed by atoms with E-state index in [9.17, 15) is 0 Å². The zero-order valence-corrected chi connectivity index (χ0v) is 15.2. The third-order valence-corrected chi connectivity index (χ3v) is 5.22. The van der Waals surface area contributed by atoms with Crippen LogP contribution in [0.1, 0.15) is 28.8 Å². The fourth-order valence-corrected chi connectivity index (χ4v) is 3.28. The van der Waals surface area contributed by atoms with E-state index in [1.165, 1.54) is 23.3 Å². The predicted molar refractivity (Wildman–Crippen MR) is 101 cm³/mol. The van der Waals surface area contributed by atoms with Crippen molar-refractivity contribution in [3.63, 3.8) is 0 Å². The molecule has 1 heterocycles. The molecule has 1 aliphatic carbocycles. The van der Waals surface area contributed by atoms with Crippen LogP contribution in [0.4, 0.5) is 0 Å². The fraction of sp³-hybridized carbons (Fsp3) is 0.421. The first-order valence-electron chi connectivity index (χ1n) is 8.44. The monoisotopic (exact) mass is 343 g/mol. The van der Waals surface area contributed by atoms with Crippen LogP contribution in [0, 0.1) is 12.8 Å². The molecule has 0 radical (unpaired) electrons. The van der Waals surface area contributed by atoms with Gasteiger partial charge >= 0.3 is 0 Å². The van der Waals surface area contributed by atoms with Crippen molar-refractivity contribution >= 4 is 17.3 Å². The van der Waals surface area contributed by atoms with Gasteiger partial charge in [0.15, 0.2) is 5.96 Å². The second-order valence-electron chi connectivity index (χ2n) is 6.17. The molecule has 0 aliphatic heterocycles. The maximum Gasteiger partial charge on any atom is 0.191 e. The zero-order chi connectivity index (χ0) is 16.8. The number of hydrogen-bond acceptors (Lipinski definition) is 3. The molecule has 2 N–H and O–H groups in total. The Morgan fingerprint density at radius 1 is 1.21 bits per heavy atom. The van der Waals surface area contributed by atoms with Gasteiger partial charge in [-0.15, -0.1) is 11.3 Å². The molecule has 1 aromatic heterocycles. The van der Waals surface area contributed by atoms with Crippen LogP contribution in [0.15, 0.2) is 40.7 Å². The van der Waals surface area contributed by atoms with Gasteiger partial charge in [0.05, 0.1) is 13.2 Å². The van der Waals surface area contributed by atoms with Crippen molar-refractivity contribution in [2.24, 2.45) is 10.9 Å². The molecule has 1 aromatic carbocycles. The van der Waals surface area contributed by atoms with Crippen molar-refractivity contribution in [2.45, 2.75) is 32.9 Å². The number of nitrogens with zero attached hydrogens (tertiary/aromatic N) is 1. The molecule has 24 heavy (non-hydrogen) atoms. The molecule has 2 aromatic rings. The van der Waals surface area contributed by atoms with Crippen LogP contribution in [0.2, 0.25) is 0 Å². The molecule has 1 aliphatic rings. The van der Waals surface area contributed by atoms with Crippen molar-refractivity contribution < 1.29 is 4.74 Å². The number of thiophene rings is 1. The summed E-state index contributed by atoms with van der Waals surface area (Å²) in [6.45, 7) is 4.46. The van der Waals surface area contributed by atoms with Crippen LogP contribution >= 0.6 is 11.3 Å². The number of ether oxygens (including phenoxy) is 1. The van der Waals surface area contributed by atoms with E-state index in [2.05, 4.69) is 40.1 Å². The largest absolute Gasteiger partial charge is 0.493 e. The van der Waals surface area contributed by atoms with Crippen molar-refractivity contribution in [1.29, 1.82) is 0 Å². The second-order valence-corrected chi connectivity index (χ2v) is 7.17. The quantitative estimate of drug-likeness (QED) is 0.595. The lowest BCUT2D eigenvalue weighted by Crippen LogP contribution is -2.36. The number of aliphatic imine (C=N–C) groups is 1. The Morgan fingerprint density at radius 3 is 2.71 bits per heavy atom. The number of para-hydroxylation sites is 1. The molecular formula is C19H25N3OS. The molecule has 0 bridgehead atoms. The lowest BCUT2D eigenvalue weighted by molar-refractivity contribution is 0.296. The van der Waals surface area contributed by atoms with Crippen molar-refractivity contribution in [3.8, 4) is 5.75 Å². The van der Waals surface area contributed by atoms with Gasteiger partial charge in [-0.2, -0.15) is 0 Å². The minimum absolute atomic E-state index is 0.698. The summed E-state index contributed by atoms with van der Waals surface area (Å²) in [6, 6.07) is 10.4. The summed E-state index contributed by atoms with van der Waals surface area (Å²) in [5, 5.41) is 8.87. The average Bonchev–Trinajstić information content (AvgIpc) is 3.35. The van der Waals surface area contributed by atoms with Gasteiger partial charge in [-0.25, -0.2) is 0 Å². The Labute approximate surface area is 148 Å². The van der Waals surface area contributed by atoms with Crippen LogP contribution < -0.4 is 15.4 Å². The lowest BCUT2D eigenvalue weighted by atomic mass is 10.2. The minimum Gasteiger partial charge on any atom is -0.493 e. The molecule has 3 rings (SSSR count). The van der Waals surface area contributed by atoms with E-state index in [0.717, 1.165) is 36.3 Å². The fourth-order valence-electron chi connectivity index (χ4n) is 2.43.